The van der Waals surface area contributed by atoms with E-state index in [0.717, 1.165) is 0 Å². The van der Waals surface area contributed by atoms with E-state index in [9.17, 15) is 9.90 Å². The van der Waals surface area contributed by atoms with Crippen LogP contribution in [0.2, 0.25) is 0 Å². The molecule has 0 bridgehead atoms. The molecular weight excluding hydrogens is 302 g/mol. The van der Waals surface area contributed by atoms with Crippen LogP contribution in [0, 0.1) is 11.8 Å². The number of anilines is 1. The molecule has 3 aliphatic rings. The van der Waals surface area contributed by atoms with Crippen LogP contribution in [-0.2, 0) is 0 Å². The monoisotopic (exact) mass is 329 g/mol. The van der Waals surface area contributed by atoms with E-state index in [4.69, 9.17) is 0 Å². The van der Waals surface area contributed by atoms with Crippen LogP contribution in [0.5, 0.6) is 0 Å². The summed E-state index contributed by atoms with van der Waals surface area (Å²) in [5, 5.41) is 13.3. The van der Waals surface area contributed by atoms with Gasteiger partial charge in [-0.3, -0.25) is 5.32 Å². The van der Waals surface area contributed by atoms with Gasteiger partial charge in [-0.2, -0.15) is 0 Å². The van der Waals surface area contributed by atoms with Crippen molar-refractivity contribution in [3.8, 4) is 0 Å². The third-order valence-electron chi connectivity index (χ3n) is 5.98. The van der Waals surface area contributed by atoms with E-state index in [-0.39, 0.29) is 18.1 Å². The number of hydrogen-bond acceptors (Lipinski definition) is 3. The van der Waals surface area contributed by atoms with Crippen LogP contribution < -0.4 is 5.32 Å². The molecule has 3 fully saturated rings. The van der Waals surface area contributed by atoms with Crippen molar-refractivity contribution in [2.75, 3.05) is 18.4 Å². The van der Waals surface area contributed by atoms with Gasteiger partial charge in [-0.05, 0) is 42.7 Å². The lowest BCUT2D eigenvalue weighted by atomic mass is 9.82. The summed E-state index contributed by atoms with van der Waals surface area (Å²) in [6.45, 7) is 1.29. The van der Waals surface area contributed by atoms with Crippen LogP contribution in [-0.4, -0.2) is 40.2 Å². The predicted molar refractivity (Wildman–Crippen MR) is 92.9 cm³/mol. The molecular formula is C19H27N3O2. The fraction of sp³-hybridized carbons (Fsp3) is 0.684. The first-order valence-corrected chi connectivity index (χ1v) is 9.40. The Hall–Kier alpha value is -1.62. The van der Waals surface area contributed by atoms with Crippen LogP contribution in [0.1, 0.15) is 56.4 Å². The van der Waals surface area contributed by atoms with Gasteiger partial charge >= 0.3 is 6.03 Å². The summed E-state index contributed by atoms with van der Waals surface area (Å²) in [4.78, 5) is 18.8. The first-order chi connectivity index (χ1) is 11.7. The number of aliphatic hydroxyl groups is 1. The van der Waals surface area contributed by atoms with Crippen molar-refractivity contribution >= 4 is 11.8 Å². The molecule has 2 amide bonds. The normalized spacial score (nSPS) is 28.1. The molecule has 1 saturated heterocycles. The Morgan fingerprint density at radius 3 is 2.62 bits per heavy atom. The van der Waals surface area contributed by atoms with E-state index in [0.29, 0.717) is 37.2 Å². The number of aliphatic hydroxyl groups excluding tert-OH is 1. The quantitative estimate of drug-likeness (QED) is 0.893. The summed E-state index contributed by atoms with van der Waals surface area (Å²) in [5.74, 6) is 2.11. The Kier molecular flexibility index (Phi) is 4.44. The lowest BCUT2D eigenvalue weighted by molar-refractivity contribution is 0.0144. The van der Waals surface area contributed by atoms with E-state index in [1.165, 1.54) is 44.1 Å². The minimum absolute atomic E-state index is 0.0865. The first-order valence-electron chi connectivity index (χ1n) is 9.40. The molecule has 1 aromatic rings. The van der Waals surface area contributed by atoms with E-state index in [1.807, 2.05) is 17.2 Å². The molecule has 0 spiro atoms. The lowest BCUT2D eigenvalue weighted by Gasteiger charge is -2.39. The Balaban J connectivity index is 1.36. The molecule has 5 heteroatoms. The van der Waals surface area contributed by atoms with Gasteiger partial charge in [0.05, 0.1) is 6.10 Å². The van der Waals surface area contributed by atoms with Crippen LogP contribution in [0.4, 0.5) is 10.6 Å². The van der Waals surface area contributed by atoms with E-state index in [2.05, 4.69) is 16.4 Å². The van der Waals surface area contributed by atoms with Crippen LogP contribution in [0.25, 0.3) is 0 Å². The van der Waals surface area contributed by atoms with E-state index in [1.54, 1.807) is 0 Å². The zero-order chi connectivity index (χ0) is 16.5. The molecule has 4 rings (SSSR count). The molecule has 1 aliphatic heterocycles. The van der Waals surface area contributed by atoms with Gasteiger partial charge in [0, 0.05) is 25.2 Å². The topological polar surface area (TPSA) is 65.5 Å². The molecule has 2 aliphatic carbocycles. The highest BCUT2D eigenvalue weighted by Gasteiger charge is 2.36. The number of piperidine rings is 1. The molecule has 2 heterocycles. The standard InChI is InChI=1S/C19H27N3O2/c23-17-9-10-22(12-16(17)14-3-1-2-4-14)19(24)21-18-8-7-15(11-20-18)13-5-6-13/h7-8,11,13-14,16-17,23H,1-6,9-10,12H2,(H,20,21,24)/t16-,17+/m0/s1. The maximum absolute atomic E-state index is 12.6. The summed E-state index contributed by atoms with van der Waals surface area (Å²) in [7, 11) is 0. The lowest BCUT2D eigenvalue weighted by Crippen LogP contribution is -2.49. The number of pyridine rings is 1. The predicted octanol–water partition coefficient (Wildman–Crippen LogP) is 3.36. The number of nitrogens with one attached hydrogen (secondary N) is 1. The number of carbonyl (C=O) groups excluding carboxylic acids is 1. The molecule has 1 aromatic heterocycles. The third kappa shape index (κ3) is 3.41. The number of amides is 2. The summed E-state index contributed by atoms with van der Waals surface area (Å²) in [5.41, 5.74) is 1.27. The van der Waals surface area contributed by atoms with Crippen molar-refractivity contribution in [1.29, 1.82) is 0 Å². The molecule has 2 atom stereocenters. The maximum atomic E-state index is 12.6. The van der Waals surface area contributed by atoms with Gasteiger partial charge in [0.2, 0.25) is 0 Å². The minimum atomic E-state index is -0.256. The van der Waals surface area contributed by atoms with Gasteiger partial charge in [0.25, 0.3) is 0 Å². The smallest absolute Gasteiger partial charge is 0.323 e. The zero-order valence-electron chi connectivity index (χ0n) is 14.2. The van der Waals surface area contributed by atoms with E-state index >= 15 is 0 Å². The average molecular weight is 329 g/mol. The number of aromatic nitrogens is 1. The first kappa shape index (κ1) is 15.9. The highest BCUT2D eigenvalue weighted by Crippen LogP contribution is 2.40. The number of likely N-dealkylation sites (tertiary alicyclic amines) is 1. The third-order valence-corrected chi connectivity index (χ3v) is 5.98. The second kappa shape index (κ2) is 6.71. The summed E-state index contributed by atoms with van der Waals surface area (Å²) >= 11 is 0. The molecule has 2 saturated carbocycles. The fourth-order valence-corrected chi connectivity index (χ4v) is 4.33. The molecule has 0 aromatic carbocycles. The molecule has 0 unspecified atom stereocenters. The molecule has 2 N–H and O–H groups in total. The van der Waals surface area contributed by atoms with E-state index < -0.39 is 0 Å². The van der Waals surface area contributed by atoms with Gasteiger partial charge in [-0.1, -0.05) is 31.7 Å². The van der Waals surface area contributed by atoms with Gasteiger partial charge < -0.3 is 10.0 Å². The Labute approximate surface area is 143 Å². The second-order valence-corrected chi connectivity index (χ2v) is 7.69. The fourth-order valence-electron chi connectivity index (χ4n) is 4.33. The molecule has 130 valence electrons. The highest BCUT2D eigenvalue weighted by atomic mass is 16.3. The number of carbonyl (C=O) groups is 1. The Bertz CT molecular complexity index is 579. The van der Waals surface area contributed by atoms with Crippen molar-refractivity contribution < 1.29 is 9.90 Å². The Morgan fingerprint density at radius 2 is 1.96 bits per heavy atom. The summed E-state index contributed by atoms with van der Waals surface area (Å²) in [6.07, 6.45) is 9.74. The van der Waals surface area contributed by atoms with Crippen molar-refractivity contribution in [3.05, 3.63) is 23.9 Å². The molecule has 24 heavy (non-hydrogen) atoms. The van der Waals surface area contributed by atoms with Crippen molar-refractivity contribution in [2.45, 2.75) is 57.0 Å². The van der Waals surface area contributed by atoms with Crippen molar-refractivity contribution in [3.63, 3.8) is 0 Å². The van der Waals surface area contributed by atoms with Crippen LogP contribution >= 0.6 is 0 Å². The number of urea groups is 1. The minimum Gasteiger partial charge on any atom is -0.393 e. The SMILES string of the molecule is O=C(Nc1ccc(C2CC2)cn1)N1CC[C@@H](O)[C@H](C2CCCC2)C1. The molecule has 5 nitrogen and oxygen atoms in total. The van der Waals surface area contributed by atoms with Gasteiger partial charge in [0.1, 0.15) is 5.82 Å². The highest BCUT2D eigenvalue weighted by molar-refractivity contribution is 5.88. The maximum Gasteiger partial charge on any atom is 0.323 e. The average Bonchev–Trinajstić information content (AvgIpc) is 3.30. The largest absolute Gasteiger partial charge is 0.393 e. The van der Waals surface area contributed by atoms with Crippen molar-refractivity contribution in [2.24, 2.45) is 11.8 Å². The summed E-state index contributed by atoms with van der Waals surface area (Å²) < 4.78 is 0. The van der Waals surface area contributed by atoms with Gasteiger partial charge in [0.15, 0.2) is 0 Å². The second-order valence-electron chi connectivity index (χ2n) is 7.69. The van der Waals surface area contributed by atoms with Crippen molar-refractivity contribution in [1.82, 2.24) is 9.88 Å². The number of nitrogens with zero attached hydrogens (tertiary/aromatic N) is 2. The summed E-state index contributed by atoms with van der Waals surface area (Å²) in [6, 6.07) is 3.89. The van der Waals surface area contributed by atoms with Crippen LogP contribution in [0.15, 0.2) is 18.3 Å². The Morgan fingerprint density at radius 1 is 1.17 bits per heavy atom. The van der Waals surface area contributed by atoms with Gasteiger partial charge in [-0.15, -0.1) is 0 Å². The zero-order valence-corrected chi connectivity index (χ0v) is 14.2. The van der Waals surface area contributed by atoms with Crippen LogP contribution in [0.3, 0.4) is 0 Å². The number of rotatable bonds is 3. The number of hydrogen-bond donors (Lipinski definition) is 2. The van der Waals surface area contributed by atoms with Gasteiger partial charge in [-0.25, -0.2) is 9.78 Å². The molecule has 0 radical (unpaired) electrons.